The number of hydrogen-bond donors (Lipinski definition) is 1. The number of methoxy groups -OCH3 is 1. The van der Waals surface area contributed by atoms with Crippen molar-refractivity contribution in [3.8, 4) is 23.8 Å². The summed E-state index contributed by atoms with van der Waals surface area (Å²) >= 11 is 0. The standard InChI is InChI=1S/C30H23F2NO5/c1-3-13-37-29(18-38-28-12-11-23(36-2)16-24(28)30(34)35)21-6-4-5-19(14-21)7-9-22-10-8-20-15-25(31)26(32)17-27(20)33-22/h1,4-12,14-17,29H,13,18H2,2H3,(H,34,35)/b9-7+/t29-/m1/s1. The highest BCUT2D eigenvalue weighted by atomic mass is 19.2. The summed E-state index contributed by atoms with van der Waals surface area (Å²) in [4.78, 5) is 16.0. The first-order valence-electron chi connectivity index (χ1n) is 11.5. The van der Waals surface area contributed by atoms with Crippen molar-refractivity contribution in [1.29, 1.82) is 0 Å². The maximum atomic E-state index is 13.6. The molecule has 4 aromatic rings. The van der Waals surface area contributed by atoms with Crippen LogP contribution >= 0.6 is 0 Å². The first kappa shape index (κ1) is 26.3. The molecule has 1 atom stereocenters. The summed E-state index contributed by atoms with van der Waals surface area (Å²) in [5.74, 6) is -0.0274. The predicted molar refractivity (Wildman–Crippen MR) is 140 cm³/mol. The lowest BCUT2D eigenvalue weighted by Gasteiger charge is -2.19. The minimum Gasteiger partial charge on any atom is -0.497 e. The van der Waals surface area contributed by atoms with E-state index < -0.39 is 23.7 Å². The van der Waals surface area contributed by atoms with E-state index in [0.29, 0.717) is 22.3 Å². The summed E-state index contributed by atoms with van der Waals surface area (Å²) in [6.07, 6.45) is 8.38. The molecule has 192 valence electrons. The van der Waals surface area contributed by atoms with Crippen LogP contribution in [-0.4, -0.2) is 36.4 Å². The van der Waals surface area contributed by atoms with Gasteiger partial charge in [-0.3, -0.25) is 0 Å². The zero-order valence-electron chi connectivity index (χ0n) is 20.4. The topological polar surface area (TPSA) is 77.9 Å². The van der Waals surface area contributed by atoms with Crippen LogP contribution in [0.1, 0.15) is 33.3 Å². The molecule has 0 aliphatic carbocycles. The minimum atomic E-state index is -1.15. The van der Waals surface area contributed by atoms with E-state index in [1.165, 1.54) is 19.2 Å². The van der Waals surface area contributed by atoms with Crippen LogP contribution in [0, 0.1) is 24.0 Å². The fourth-order valence-electron chi connectivity index (χ4n) is 3.75. The number of pyridine rings is 1. The number of halogens is 2. The van der Waals surface area contributed by atoms with Gasteiger partial charge in [0.15, 0.2) is 11.6 Å². The highest BCUT2D eigenvalue weighted by molar-refractivity contribution is 5.91. The van der Waals surface area contributed by atoms with Gasteiger partial charge in [-0.25, -0.2) is 18.6 Å². The average Bonchev–Trinajstić information content (AvgIpc) is 2.92. The number of aromatic nitrogens is 1. The summed E-state index contributed by atoms with van der Waals surface area (Å²) in [6, 6.07) is 17.5. The number of carboxylic acids is 1. The Labute approximate surface area is 218 Å². The fourth-order valence-corrected chi connectivity index (χ4v) is 3.75. The van der Waals surface area contributed by atoms with Crippen molar-refractivity contribution >= 4 is 29.0 Å². The second-order valence-electron chi connectivity index (χ2n) is 8.18. The van der Waals surface area contributed by atoms with Crippen molar-refractivity contribution in [3.63, 3.8) is 0 Å². The summed E-state index contributed by atoms with van der Waals surface area (Å²) in [5.41, 5.74) is 2.45. The summed E-state index contributed by atoms with van der Waals surface area (Å²) < 4.78 is 43.8. The van der Waals surface area contributed by atoms with Crippen LogP contribution in [-0.2, 0) is 4.74 Å². The highest BCUT2D eigenvalue weighted by Gasteiger charge is 2.17. The lowest BCUT2D eigenvalue weighted by molar-refractivity contribution is 0.0375. The molecule has 0 aliphatic rings. The van der Waals surface area contributed by atoms with Gasteiger partial charge in [0.25, 0.3) is 0 Å². The van der Waals surface area contributed by atoms with E-state index in [2.05, 4.69) is 10.9 Å². The molecule has 0 saturated heterocycles. The van der Waals surface area contributed by atoms with Crippen LogP contribution in [0.15, 0.2) is 66.7 Å². The smallest absolute Gasteiger partial charge is 0.339 e. The molecule has 0 aliphatic heterocycles. The summed E-state index contributed by atoms with van der Waals surface area (Å²) in [5, 5.41) is 10.0. The number of rotatable bonds is 10. The monoisotopic (exact) mass is 515 g/mol. The van der Waals surface area contributed by atoms with E-state index in [1.54, 1.807) is 24.3 Å². The Kier molecular flexibility index (Phi) is 8.31. The van der Waals surface area contributed by atoms with Crippen LogP contribution in [0.4, 0.5) is 8.78 Å². The Morgan fingerprint density at radius 3 is 2.66 bits per heavy atom. The van der Waals surface area contributed by atoms with E-state index in [9.17, 15) is 18.7 Å². The lowest BCUT2D eigenvalue weighted by atomic mass is 10.1. The third-order valence-corrected chi connectivity index (χ3v) is 5.66. The molecule has 6 nitrogen and oxygen atoms in total. The molecule has 4 rings (SSSR count). The number of carbonyl (C=O) groups is 1. The quantitative estimate of drug-likeness (QED) is 0.255. The highest BCUT2D eigenvalue weighted by Crippen LogP contribution is 2.27. The molecular formula is C30H23F2NO5. The molecule has 0 saturated carbocycles. The molecule has 1 N–H and O–H groups in total. The number of nitrogens with zero attached hydrogens (tertiary/aromatic N) is 1. The van der Waals surface area contributed by atoms with E-state index in [0.717, 1.165) is 23.3 Å². The van der Waals surface area contributed by atoms with Crippen LogP contribution in [0.3, 0.4) is 0 Å². The van der Waals surface area contributed by atoms with Gasteiger partial charge in [0, 0.05) is 11.5 Å². The molecule has 0 bridgehead atoms. The van der Waals surface area contributed by atoms with E-state index in [4.69, 9.17) is 20.6 Å². The second kappa shape index (κ2) is 12.0. The fraction of sp³-hybridized carbons (Fsp3) is 0.133. The minimum absolute atomic E-state index is 0.00973. The number of carboxylic acid groups (broad SMARTS) is 1. The van der Waals surface area contributed by atoms with Gasteiger partial charge in [-0.2, -0.15) is 0 Å². The molecule has 1 heterocycles. The third-order valence-electron chi connectivity index (χ3n) is 5.66. The number of hydrogen-bond acceptors (Lipinski definition) is 5. The Balaban J connectivity index is 1.54. The Bertz CT molecular complexity index is 1540. The summed E-state index contributed by atoms with van der Waals surface area (Å²) in [7, 11) is 1.45. The zero-order chi connectivity index (χ0) is 27.1. The first-order chi connectivity index (χ1) is 18.4. The third kappa shape index (κ3) is 6.33. The van der Waals surface area contributed by atoms with Gasteiger partial charge >= 0.3 is 5.97 Å². The number of aromatic carboxylic acids is 1. The molecule has 0 fully saturated rings. The normalized spacial score (nSPS) is 11.8. The van der Waals surface area contributed by atoms with E-state index in [-0.39, 0.29) is 24.5 Å². The van der Waals surface area contributed by atoms with Crippen LogP contribution in [0.25, 0.3) is 23.1 Å². The predicted octanol–water partition coefficient (Wildman–Crippen LogP) is 6.16. The summed E-state index contributed by atoms with van der Waals surface area (Å²) in [6.45, 7) is 0.0382. The molecule has 3 aromatic carbocycles. The largest absolute Gasteiger partial charge is 0.497 e. The maximum absolute atomic E-state index is 13.6. The van der Waals surface area contributed by atoms with Gasteiger partial charge in [-0.1, -0.05) is 36.3 Å². The molecular weight excluding hydrogens is 492 g/mol. The first-order valence-corrected chi connectivity index (χ1v) is 11.5. The van der Waals surface area contributed by atoms with E-state index >= 15 is 0 Å². The van der Waals surface area contributed by atoms with Crippen molar-refractivity contribution in [1.82, 2.24) is 4.98 Å². The molecule has 0 radical (unpaired) electrons. The van der Waals surface area contributed by atoms with Crippen molar-refractivity contribution in [2.24, 2.45) is 0 Å². The van der Waals surface area contributed by atoms with Gasteiger partial charge in [-0.15, -0.1) is 6.42 Å². The van der Waals surface area contributed by atoms with Gasteiger partial charge in [0.1, 0.15) is 36.4 Å². The Morgan fingerprint density at radius 2 is 1.89 bits per heavy atom. The SMILES string of the molecule is C#CCO[C@H](COc1ccc(OC)cc1C(=O)O)c1cccc(/C=C/c2ccc3cc(F)c(F)cc3n2)c1. The maximum Gasteiger partial charge on any atom is 0.339 e. The van der Waals surface area contributed by atoms with Crippen LogP contribution in [0.5, 0.6) is 11.5 Å². The van der Waals surface area contributed by atoms with Crippen molar-refractivity contribution in [3.05, 3.63) is 101 Å². The van der Waals surface area contributed by atoms with Gasteiger partial charge < -0.3 is 19.3 Å². The molecule has 1 aromatic heterocycles. The van der Waals surface area contributed by atoms with Gasteiger partial charge in [0.05, 0.1) is 18.3 Å². The van der Waals surface area contributed by atoms with Gasteiger partial charge in [-0.05, 0) is 53.6 Å². The number of ether oxygens (including phenoxy) is 3. The van der Waals surface area contributed by atoms with Gasteiger partial charge in [0.2, 0.25) is 0 Å². The van der Waals surface area contributed by atoms with Crippen LogP contribution in [0.2, 0.25) is 0 Å². The molecule has 0 amide bonds. The Hall–Kier alpha value is -4.74. The molecule has 0 unspecified atom stereocenters. The van der Waals surface area contributed by atoms with Crippen molar-refractivity contribution < 1.29 is 32.9 Å². The lowest BCUT2D eigenvalue weighted by Crippen LogP contribution is -2.16. The van der Waals surface area contributed by atoms with E-state index in [1.807, 2.05) is 30.3 Å². The zero-order valence-corrected chi connectivity index (χ0v) is 20.4. The van der Waals surface area contributed by atoms with Crippen molar-refractivity contribution in [2.45, 2.75) is 6.10 Å². The molecule has 0 spiro atoms. The number of benzene rings is 3. The second-order valence-corrected chi connectivity index (χ2v) is 8.18. The molecule has 8 heteroatoms. The van der Waals surface area contributed by atoms with Crippen molar-refractivity contribution in [2.75, 3.05) is 20.3 Å². The Morgan fingerprint density at radius 1 is 1.08 bits per heavy atom. The number of terminal acetylenes is 1. The molecule has 38 heavy (non-hydrogen) atoms. The average molecular weight is 516 g/mol. The van der Waals surface area contributed by atoms with Crippen LogP contribution < -0.4 is 9.47 Å². The number of fused-ring (bicyclic) bond motifs is 1.